The lowest BCUT2D eigenvalue weighted by Gasteiger charge is -2.31. The third-order valence-corrected chi connectivity index (χ3v) is 5.98. The summed E-state index contributed by atoms with van der Waals surface area (Å²) in [5.41, 5.74) is 3.66. The molecule has 4 heterocycles. The number of hydrogen-bond donors (Lipinski definition) is 1. The molecule has 2 aliphatic heterocycles. The summed E-state index contributed by atoms with van der Waals surface area (Å²) in [5, 5.41) is 9.28. The van der Waals surface area contributed by atoms with Crippen LogP contribution in [0.2, 0.25) is 0 Å². The summed E-state index contributed by atoms with van der Waals surface area (Å²) in [6.07, 6.45) is 4.48. The van der Waals surface area contributed by atoms with Gasteiger partial charge in [-0.05, 0) is 44.5 Å². The maximum Gasteiger partial charge on any atom is 0.231 e. The molecule has 0 aliphatic carbocycles. The van der Waals surface area contributed by atoms with Crippen LogP contribution in [0.4, 0.5) is 0 Å². The van der Waals surface area contributed by atoms with Gasteiger partial charge in [0.1, 0.15) is 0 Å². The van der Waals surface area contributed by atoms with E-state index in [9.17, 15) is 0 Å². The highest BCUT2D eigenvalue weighted by Crippen LogP contribution is 2.27. The first kappa shape index (κ1) is 16.0. The summed E-state index contributed by atoms with van der Waals surface area (Å²) in [6.45, 7) is 8.69. The number of benzene rings is 1. The van der Waals surface area contributed by atoms with E-state index in [-0.39, 0.29) is 0 Å². The van der Waals surface area contributed by atoms with Crippen molar-refractivity contribution in [1.29, 1.82) is 0 Å². The van der Waals surface area contributed by atoms with Gasteiger partial charge in [0.25, 0.3) is 0 Å². The molecule has 1 N–H and O–H groups in total. The van der Waals surface area contributed by atoms with Gasteiger partial charge in [0, 0.05) is 25.0 Å². The summed E-state index contributed by atoms with van der Waals surface area (Å²) in [4.78, 5) is 7.52. The number of nitrogens with one attached hydrogen (secondary N) is 1. The van der Waals surface area contributed by atoms with Crippen LogP contribution in [0.5, 0.6) is 0 Å². The molecule has 2 aliphatic rings. The molecule has 2 aromatic heterocycles. The summed E-state index contributed by atoms with van der Waals surface area (Å²) in [5.74, 6) is 1.70. The summed E-state index contributed by atoms with van der Waals surface area (Å²) in [6, 6.07) is 8.38. The average molecular weight is 350 g/mol. The van der Waals surface area contributed by atoms with Crippen LogP contribution in [0.15, 0.2) is 30.5 Å². The van der Waals surface area contributed by atoms with E-state index in [0.717, 1.165) is 42.4 Å². The monoisotopic (exact) mass is 350 g/mol. The highest BCUT2D eigenvalue weighted by Gasteiger charge is 2.26. The van der Waals surface area contributed by atoms with E-state index in [1.807, 2.05) is 10.9 Å². The van der Waals surface area contributed by atoms with Crippen LogP contribution < -0.4 is 5.32 Å². The quantitative estimate of drug-likeness (QED) is 0.786. The molecule has 6 nitrogen and oxygen atoms in total. The van der Waals surface area contributed by atoms with Gasteiger partial charge in [0.15, 0.2) is 0 Å². The third kappa shape index (κ3) is 2.64. The normalized spacial score (nSPS) is 18.7. The minimum Gasteiger partial charge on any atom is -0.311 e. The zero-order chi connectivity index (χ0) is 17.5. The fraction of sp³-hybridized carbons (Fsp3) is 0.500. The summed E-state index contributed by atoms with van der Waals surface area (Å²) >= 11 is 0. The molecular weight excluding hydrogens is 324 g/mol. The van der Waals surface area contributed by atoms with Crippen molar-refractivity contribution in [1.82, 2.24) is 29.5 Å². The molecule has 0 saturated carbocycles. The number of hydrogen-bond acceptors (Lipinski definition) is 4. The fourth-order valence-corrected chi connectivity index (χ4v) is 4.39. The van der Waals surface area contributed by atoms with E-state index in [4.69, 9.17) is 4.98 Å². The van der Waals surface area contributed by atoms with Gasteiger partial charge >= 0.3 is 0 Å². The second-order valence-corrected chi connectivity index (χ2v) is 7.51. The van der Waals surface area contributed by atoms with Crippen molar-refractivity contribution in [2.45, 2.75) is 39.4 Å². The molecule has 0 amide bonds. The van der Waals surface area contributed by atoms with Crippen LogP contribution in [0, 0.1) is 5.92 Å². The van der Waals surface area contributed by atoms with Gasteiger partial charge in [-0.1, -0.05) is 25.1 Å². The van der Waals surface area contributed by atoms with Crippen molar-refractivity contribution >= 4 is 10.9 Å². The lowest BCUT2D eigenvalue weighted by Crippen LogP contribution is -2.35. The molecule has 26 heavy (non-hydrogen) atoms. The van der Waals surface area contributed by atoms with Crippen molar-refractivity contribution in [2.24, 2.45) is 5.92 Å². The predicted octanol–water partition coefficient (Wildman–Crippen LogP) is 2.56. The van der Waals surface area contributed by atoms with Gasteiger partial charge in [0.05, 0.1) is 23.1 Å². The zero-order valence-corrected chi connectivity index (χ0v) is 15.4. The molecule has 5 rings (SSSR count). The van der Waals surface area contributed by atoms with Crippen molar-refractivity contribution in [3.05, 3.63) is 41.9 Å². The number of aromatic nitrogens is 4. The van der Waals surface area contributed by atoms with Crippen molar-refractivity contribution < 1.29 is 0 Å². The smallest absolute Gasteiger partial charge is 0.231 e. The van der Waals surface area contributed by atoms with Crippen molar-refractivity contribution in [3.63, 3.8) is 0 Å². The Morgan fingerprint density at radius 3 is 2.85 bits per heavy atom. The lowest BCUT2D eigenvalue weighted by molar-refractivity contribution is 0.180. The Morgan fingerprint density at radius 1 is 1.15 bits per heavy atom. The predicted molar refractivity (Wildman–Crippen MR) is 102 cm³/mol. The van der Waals surface area contributed by atoms with E-state index in [1.54, 1.807) is 0 Å². The second-order valence-electron chi connectivity index (χ2n) is 7.51. The van der Waals surface area contributed by atoms with E-state index >= 15 is 0 Å². The minimum absolute atomic E-state index is 0.720. The first-order valence-electron chi connectivity index (χ1n) is 9.78. The molecule has 0 radical (unpaired) electrons. The van der Waals surface area contributed by atoms with Gasteiger partial charge in [-0.3, -0.25) is 0 Å². The largest absolute Gasteiger partial charge is 0.311 e. The molecular formula is C20H26N6. The average Bonchev–Trinajstić information content (AvgIpc) is 3.38. The van der Waals surface area contributed by atoms with Crippen LogP contribution in [0.1, 0.15) is 31.2 Å². The first-order valence-corrected chi connectivity index (χ1v) is 9.78. The maximum absolute atomic E-state index is 4.97. The lowest BCUT2D eigenvalue weighted by atomic mass is 9.96. The van der Waals surface area contributed by atoms with Gasteiger partial charge in [-0.25, -0.2) is 4.98 Å². The third-order valence-electron chi connectivity index (χ3n) is 5.98. The molecule has 1 saturated heterocycles. The number of likely N-dealkylation sites (tertiary alicyclic amines) is 1. The Morgan fingerprint density at radius 2 is 2.00 bits per heavy atom. The van der Waals surface area contributed by atoms with E-state index < -0.39 is 0 Å². The minimum atomic E-state index is 0.720. The number of fused-ring (bicyclic) bond motifs is 2. The topological polar surface area (TPSA) is 50.9 Å². The molecule has 1 aromatic carbocycles. The van der Waals surface area contributed by atoms with Gasteiger partial charge in [-0.15, -0.1) is 0 Å². The molecule has 0 atom stereocenters. The van der Waals surface area contributed by atoms with Crippen molar-refractivity contribution in [2.75, 3.05) is 19.6 Å². The molecule has 6 heteroatoms. The second kappa shape index (κ2) is 6.52. The Labute approximate surface area is 153 Å². The zero-order valence-electron chi connectivity index (χ0n) is 15.4. The Balaban J connectivity index is 1.51. The van der Waals surface area contributed by atoms with Crippen LogP contribution in [0.3, 0.4) is 0 Å². The van der Waals surface area contributed by atoms with Crippen molar-refractivity contribution in [3.8, 4) is 5.95 Å². The maximum atomic E-state index is 4.97. The molecule has 3 aromatic rings. The highest BCUT2D eigenvalue weighted by atomic mass is 15.4. The molecule has 0 spiro atoms. The Kier molecular flexibility index (Phi) is 4.02. The number of nitrogens with zero attached hydrogens (tertiary/aromatic N) is 5. The molecule has 136 valence electrons. The van der Waals surface area contributed by atoms with Crippen LogP contribution in [-0.4, -0.2) is 43.9 Å². The van der Waals surface area contributed by atoms with Gasteiger partial charge < -0.3 is 14.8 Å². The summed E-state index contributed by atoms with van der Waals surface area (Å²) < 4.78 is 4.45. The number of para-hydroxylation sites is 1. The Hall–Kier alpha value is -2.18. The van der Waals surface area contributed by atoms with Crippen LogP contribution in [0.25, 0.3) is 16.9 Å². The molecule has 0 bridgehead atoms. The van der Waals surface area contributed by atoms with E-state index in [2.05, 4.69) is 51.1 Å². The van der Waals surface area contributed by atoms with E-state index in [0.29, 0.717) is 0 Å². The van der Waals surface area contributed by atoms with Gasteiger partial charge in [0.2, 0.25) is 5.95 Å². The Bertz CT molecular complexity index is 916. The number of rotatable bonds is 4. The SMILES string of the molecule is CCN1CCC(Cn2c(-n3ncc4ccccc43)nc3c2CNC3)CC1. The molecule has 1 fully saturated rings. The number of piperidine rings is 1. The van der Waals surface area contributed by atoms with E-state index in [1.165, 1.54) is 43.9 Å². The first-order chi connectivity index (χ1) is 12.8. The standard InChI is InChI=1S/C20H26N6/c1-2-24-9-7-15(8-10-24)14-25-19-13-21-12-17(19)23-20(25)26-18-6-4-3-5-16(18)11-22-26/h3-6,11,15,21H,2,7-10,12-14H2,1H3. The number of imidazole rings is 1. The van der Waals surface area contributed by atoms with Crippen LogP contribution >= 0.6 is 0 Å². The fourth-order valence-electron chi connectivity index (χ4n) is 4.39. The van der Waals surface area contributed by atoms with Gasteiger partial charge in [-0.2, -0.15) is 9.78 Å². The molecule has 0 unspecified atom stereocenters. The summed E-state index contributed by atoms with van der Waals surface area (Å²) in [7, 11) is 0. The highest BCUT2D eigenvalue weighted by molar-refractivity contribution is 5.79. The van der Waals surface area contributed by atoms with Crippen LogP contribution in [-0.2, 0) is 19.6 Å².